The summed E-state index contributed by atoms with van der Waals surface area (Å²) in [6.45, 7) is 3.95. The molecule has 3 nitrogen and oxygen atoms in total. The van der Waals surface area contributed by atoms with Gasteiger partial charge < -0.3 is 16.4 Å². The zero-order valence-corrected chi connectivity index (χ0v) is 10.0. The first-order valence-corrected chi connectivity index (χ1v) is 5.91. The molecular formula is C15H15N3. The molecule has 0 spiro atoms. The van der Waals surface area contributed by atoms with Crippen molar-refractivity contribution >= 4 is 22.7 Å². The number of anilines is 4. The van der Waals surface area contributed by atoms with Gasteiger partial charge in [-0.05, 0) is 42.0 Å². The smallest absolute Gasteiger partial charge is 0.0419 e. The summed E-state index contributed by atoms with van der Waals surface area (Å²) in [5.41, 5.74) is 12.1. The fraction of sp³-hybridized carbons (Fsp3) is 0.0667. The van der Waals surface area contributed by atoms with Gasteiger partial charge in [-0.2, -0.15) is 0 Å². The second-order valence-corrected chi connectivity index (χ2v) is 4.53. The molecule has 0 amide bonds. The van der Waals surface area contributed by atoms with Crippen molar-refractivity contribution in [3.05, 3.63) is 60.3 Å². The molecule has 1 aliphatic rings. The zero-order chi connectivity index (χ0) is 12.5. The number of hydrogen-bond donors (Lipinski definition) is 3. The summed E-state index contributed by atoms with van der Waals surface area (Å²) in [5, 5.41) is 6.61. The average molecular weight is 237 g/mol. The predicted octanol–water partition coefficient (Wildman–Crippen LogP) is 3.49. The second kappa shape index (κ2) is 4.11. The van der Waals surface area contributed by atoms with Crippen molar-refractivity contribution in [1.29, 1.82) is 0 Å². The first-order valence-electron chi connectivity index (χ1n) is 5.91. The van der Waals surface area contributed by atoms with Crippen molar-refractivity contribution in [2.75, 3.05) is 16.4 Å². The highest BCUT2D eigenvalue weighted by atomic mass is 14.9. The third-order valence-electron chi connectivity index (χ3n) is 3.00. The molecule has 2 aromatic carbocycles. The van der Waals surface area contributed by atoms with E-state index in [1.165, 1.54) is 5.56 Å². The topological polar surface area (TPSA) is 50.1 Å². The molecule has 1 heterocycles. The van der Waals surface area contributed by atoms with E-state index in [2.05, 4.69) is 29.3 Å². The Balaban J connectivity index is 1.86. The van der Waals surface area contributed by atoms with Gasteiger partial charge in [-0.15, -0.1) is 0 Å². The van der Waals surface area contributed by atoms with E-state index in [0.29, 0.717) is 0 Å². The predicted molar refractivity (Wildman–Crippen MR) is 77.0 cm³/mol. The molecule has 90 valence electrons. The fourth-order valence-corrected chi connectivity index (χ4v) is 2.19. The molecule has 0 radical (unpaired) electrons. The van der Waals surface area contributed by atoms with Gasteiger partial charge in [0.2, 0.25) is 0 Å². The van der Waals surface area contributed by atoms with Crippen LogP contribution in [0.5, 0.6) is 0 Å². The molecule has 0 unspecified atom stereocenters. The maximum absolute atomic E-state index is 5.76. The van der Waals surface area contributed by atoms with Crippen LogP contribution in [0.4, 0.5) is 22.7 Å². The molecule has 1 aliphatic heterocycles. The molecular weight excluding hydrogens is 222 g/mol. The summed E-state index contributed by atoms with van der Waals surface area (Å²) >= 11 is 0. The van der Waals surface area contributed by atoms with E-state index >= 15 is 0 Å². The van der Waals surface area contributed by atoms with Crippen LogP contribution in [0.25, 0.3) is 0 Å². The summed E-state index contributed by atoms with van der Waals surface area (Å²) in [7, 11) is 0. The third-order valence-corrected chi connectivity index (χ3v) is 3.00. The molecule has 3 heteroatoms. The number of fused-ring (bicyclic) bond motifs is 1. The number of benzene rings is 2. The van der Waals surface area contributed by atoms with Gasteiger partial charge in [0, 0.05) is 34.9 Å². The van der Waals surface area contributed by atoms with Crippen LogP contribution in [0.3, 0.4) is 0 Å². The number of nitrogens with one attached hydrogen (secondary N) is 2. The highest BCUT2D eigenvalue weighted by molar-refractivity contribution is 5.70. The van der Waals surface area contributed by atoms with E-state index in [9.17, 15) is 0 Å². The minimum absolute atomic E-state index is 0.760. The van der Waals surface area contributed by atoms with Crippen molar-refractivity contribution < 1.29 is 0 Å². The number of allylic oxidation sites excluding steroid dienone is 1. The lowest BCUT2D eigenvalue weighted by molar-refractivity contribution is 1.26. The van der Waals surface area contributed by atoms with Gasteiger partial charge in [-0.1, -0.05) is 12.6 Å². The summed E-state index contributed by atoms with van der Waals surface area (Å²) in [5.74, 6) is 0. The van der Waals surface area contributed by atoms with Crippen molar-refractivity contribution in [1.82, 2.24) is 0 Å². The lowest BCUT2D eigenvalue weighted by Crippen LogP contribution is -1.93. The monoisotopic (exact) mass is 237 g/mol. The highest BCUT2D eigenvalue weighted by Crippen LogP contribution is 2.30. The Labute approximate surface area is 106 Å². The molecule has 0 saturated heterocycles. The van der Waals surface area contributed by atoms with E-state index < -0.39 is 0 Å². The lowest BCUT2D eigenvalue weighted by Gasteiger charge is -2.08. The van der Waals surface area contributed by atoms with Crippen LogP contribution in [0, 0.1) is 0 Å². The van der Waals surface area contributed by atoms with E-state index in [1.54, 1.807) is 0 Å². The van der Waals surface area contributed by atoms with Crippen molar-refractivity contribution in [2.45, 2.75) is 6.42 Å². The molecule has 0 fully saturated rings. The summed E-state index contributed by atoms with van der Waals surface area (Å²) in [6.07, 6.45) is 0.891. The minimum Gasteiger partial charge on any atom is -0.399 e. The Morgan fingerprint density at radius 3 is 2.78 bits per heavy atom. The molecule has 0 aromatic heterocycles. The maximum atomic E-state index is 5.76. The zero-order valence-electron chi connectivity index (χ0n) is 10.0. The largest absolute Gasteiger partial charge is 0.399 e. The van der Waals surface area contributed by atoms with Crippen LogP contribution in [0.2, 0.25) is 0 Å². The minimum atomic E-state index is 0.760. The Kier molecular flexibility index (Phi) is 2.45. The molecule has 18 heavy (non-hydrogen) atoms. The van der Waals surface area contributed by atoms with Crippen molar-refractivity contribution in [2.24, 2.45) is 0 Å². The quantitative estimate of drug-likeness (QED) is 0.701. The number of rotatable bonds is 2. The third kappa shape index (κ3) is 2.02. The van der Waals surface area contributed by atoms with Crippen LogP contribution in [-0.2, 0) is 6.42 Å². The number of nitrogen functional groups attached to an aromatic ring is 1. The molecule has 0 atom stereocenters. The molecule has 0 saturated carbocycles. The van der Waals surface area contributed by atoms with Gasteiger partial charge >= 0.3 is 0 Å². The lowest BCUT2D eigenvalue weighted by atomic mass is 10.1. The molecule has 3 rings (SSSR count). The van der Waals surface area contributed by atoms with E-state index in [-0.39, 0.29) is 0 Å². The van der Waals surface area contributed by atoms with E-state index in [4.69, 9.17) is 5.73 Å². The van der Waals surface area contributed by atoms with Gasteiger partial charge in [0.1, 0.15) is 0 Å². The Bertz CT molecular complexity index is 617. The summed E-state index contributed by atoms with van der Waals surface area (Å²) in [4.78, 5) is 0. The first-order chi connectivity index (χ1) is 8.70. The van der Waals surface area contributed by atoms with E-state index in [0.717, 1.165) is 34.9 Å². The average Bonchev–Trinajstić information content (AvgIpc) is 2.68. The van der Waals surface area contributed by atoms with Gasteiger partial charge in [0.15, 0.2) is 0 Å². The Morgan fingerprint density at radius 2 is 1.94 bits per heavy atom. The number of nitrogens with two attached hydrogens (primary N) is 1. The van der Waals surface area contributed by atoms with Crippen LogP contribution < -0.4 is 16.4 Å². The van der Waals surface area contributed by atoms with Gasteiger partial charge in [-0.25, -0.2) is 0 Å². The Morgan fingerprint density at radius 1 is 1.11 bits per heavy atom. The standard InChI is InChI=1S/C15H15N3/c1-10-7-11-8-14(5-6-15(11)17-10)18-13-4-2-3-12(16)9-13/h2-6,8-9,17-18H,1,7,16H2. The Hall–Kier alpha value is -2.42. The number of hydrogen-bond acceptors (Lipinski definition) is 3. The molecule has 2 aromatic rings. The van der Waals surface area contributed by atoms with Crippen molar-refractivity contribution in [3.8, 4) is 0 Å². The van der Waals surface area contributed by atoms with Gasteiger partial charge in [0.25, 0.3) is 0 Å². The summed E-state index contributed by atoms with van der Waals surface area (Å²) < 4.78 is 0. The molecule has 4 N–H and O–H groups in total. The SMILES string of the molecule is C=C1Cc2cc(Nc3cccc(N)c3)ccc2N1. The van der Waals surface area contributed by atoms with Crippen LogP contribution in [0.15, 0.2) is 54.7 Å². The van der Waals surface area contributed by atoms with Crippen molar-refractivity contribution in [3.63, 3.8) is 0 Å². The normalized spacial score (nSPS) is 13.0. The van der Waals surface area contributed by atoms with E-state index in [1.807, 2.05) is 30.3 Å². The van der Waals surface area contributed by atoms with Crippen LogP contribution in [0.1, 0.15) is 5.56 Å². The van der Waals surface area contributed by atoms with Gasteiger partial charge in [0.05, 0.1) is 0 Å². The molecule has 0 aliphatic carbocycles. The maximum Gasteiger partial charge on any atom is 0.0419 e. The first kappa shape index (κ1) is 10.7. The van der Waals surface area contributed by atoms with Crippen LogP contribution >= 0.6 is 0 Å². The summed E-state index contributed by atoms with van der Waals surface area (Å²) in [6, 6.07) is 14.0. The van der Waals surface area contributed by atoms with Crippen LogP contribution in [-0.4, -0.2) is 0 Å². The molecule has 0 bridgehead atoms. The fourth-order valence-electron chi connectivity index (χ4n) is 2.19. The highest BCUT2D eigenvalue weighted by Gasteiger charge is 2.13. The van der Waals surface area contributed by atoms with Gasteiger partial charge in [-0.3, -0.25) is 0 Å². The second-order valence-electron chi connectivity index (χ2n) is 4.53.